The Labute approximate surface area is 136 Å². The minimum absolute atomic E-state index is 0.0372. The van der Waals surface area contributed by atoms with Crippen LogP contribution in [0.3, 0.4) is 0 Å². The Kier molecular flexibility index (Phi) is 3.61. The van der Waals surface area contributed by atoms with Gasteiger partial charge in [-0.05, 0) is 26.0 Å². The van der Waals surface area contributed by atoms with E-state index in [9.17, 15) is 10.1 Å². The second kappa shape index (κ2) is 5.47. The normalized spacial score (nSPS) is 11.3. The van der Waals surface area contributed by atoms with E-state index >= 15 is 0 Å². The summed E-state index contributed by atoms with van der Waals surface area (Å²) in [6.07, 6.45) is 1.38. The van der Waals surface area contributed by atoms with E-state index in [4.69, 9.17) is 17.3 Å². The zero-order valence-corrected chi connectivity index (χ0v) is 13.2. The molecular weight excluding hydrogens is 320 g/mol. The second-order valence-electron chi connectivity index (χ2n) is 5.27. The van der Waals surface area contributed by atoms with E-state index in [0.29, 0.717) is 28.1 Å². The summed E-state index contributed by atoms with van der Waals surface area (Å²) >= 11 is 6.00. The first-order valence-corrected chi connectivity index (χ1v) is 7.21. The number of nitrogens with two attached hydrogens (primary N) is 1. The summed E-state index contributed by atoms with van der Waals surface area (Å²) in [5.41, 5.74) is 7.59. The molecule has 23 heavy (non-hydrogen) atoms. The van der Waals surface area contributed by atoms with Gasteiger partial charge in [0, 0.05) is 17.7 Å². The average molecular weight is 333 g/mol. The molecule has 0 atom stereocenters. The molecule has 2 heterocycles. The Balaban J connectivity index is 2.28. The standard InChI is InChI=1S/C14H13ClN6O2/c1-7(2)20-14-11(13(16)17-6-18-14)12(19-20)8-3-4-10(21(22)23)9(15)5-8/h3-7H,1-2H3,(H2,16,17,18). The molecule has 0 unspecified atom stereocenters. The lowest BCUT2D eigenvalue weighted by Gasteiger charge is -2.05. The van der Waals surface area contributed by atoms with Gasteiger partial charge >= 0.3 is 0 Å². The van der Waals surface area contributed by atoms with Crippen molar-refractivity contribution in [2.24, 2.45) is 0 Å². The van der Waals surface area contributed by atoms with Gasteiger partial charge in [0.1, 0.15) is 22.9 Å². The SMILES string of the molecule is CC(C)n1nc(-c2ccc([N+](=O)[O-])c(Cl)c2)c2c(N)ncnc21. The predicted octanol–water partition coefficient (Wildman–Crippen LogP) is 3.22. The average Bonchev–Trinajstić information content (AvgIpc) is 2.88. The van der Waals surface area contributed by atoms with Crippen LogP contribution < -0.4 is 5.73 Å². The van der Waals surface area contributed by atoms with Crippen molar-refractivity contribution >= 4 is 34.1 Å². The smallest absolute Gasteiger partial charge is 0.287 e. The molecular formula is C14H13ClN6O2. The van der Waals surface area contributed by atoms with Gasteiger partial charge in [-0.2, -0.15) is 5.10 Å². The molecule has 0 aliphatic carbocycles. The molecule has 0 amide bonds. The van der Waals surface area contributed by atoms with Crippen LogP contribution in [0.4, 0.5) is 11.5 Å². The van der Waals surface area contributed by atoms with Crippen LogP contribution in [0.2, 0.25) is 5.02 Å². The Morgan fingerprint density at radius 1 is 1.35 bits per heavy atom. The molecule has 0 radical (unpaired) electrons. The Morgan fingerprint density at radius 2 is 2.09 bits per heavy atom. The van der Waals surface area contributed by atoms with Gasteiger partial charge in [-0.15, -0.1) is 0 Å². The molecule has 8 nitrogen and oxygen atoms in total. The molecule has 118 valence electrons. The van der Waals surface area contributed by atoms with E-state index in [1.54, 1.807) is 10.7 Å². The minimum Gasteiger partial charge on any atom is -0.383 e. The largest absolute Gasteiger partial charge is 0.383 e. The van der Waals surface area contributed by atoms with Crippen molar-refractivity contribution in [3.8, 4) is 11.3 Å². The number of hydrogen-bond donors (Lipinski definition) is 1. The fraction of sp³-hybridized carbons (Fsp3) is 0.214. The van der Waals surface area contributed by atoms with Crippen molar-refractivity contribution in [2.45, 2.75) is 19.9 Å². The molecule has 0 bridgehead atoms. The minimum atomic E-state index is -0.533. The molecule has 0 aliphatic rings. The molecule has 3 rings (SSSR count). The lowest BCUT2D eigenvalue weighted by atomic mass is 10.1. The summed E-state index contributed by atoms with van der Waals surface area (Å²) in [5, 5.41) is 16.1. The number of nitro groups is 1. The molecule has 0 fully saturated rings. The van der Waals surface area contributed by atoms with Gasteiger partial charge in [-0.1, -0.05) is 11.6 Å². The fourth-order valence-electron chi connectivity index (χ4n) is 2.36. The highest BCUT2D eigenvalue weighted by molar-refractivity contribution is 6.33. The maximum absolute atomic E-state index is 10.9. The van der Waals surface area contributed by atoms with Gasteiger partial charge in [0.25, 0.3) is 5.69 Å². The lowest BCUT2D eigenvalue weighted by molar-refractivity contribution is -0.384. The fourth-order valence-corrected chi connectivity index (χ4v) is 2.61. The summed E-state index contributed by atoms with van der Waals surface area (Å²) < 4.78 is 1.73. The third-order valence-corrected chi connectivity index (χ3v) is 3.73. The third-order valence-electron chi connectivity index (χ3n) is 3.43. The lowest BCUT2D eigenvalue weighted by Crippen LogP contribution is -2.04. The van der Waals surface area contributed by atoms with E-state index in [1.165, 1.54) is 18.5 Å². The van der Waals surface area contributed by atoms with Crippen LogP contribution >= 0.6 is 11.6 Å². The van der Waals surface area contributed by atoms with E-state index < -0.39 is 4.92 Å². The van der Waals surface area contributed by atoms with Crippen LogP contribution in [0.15, 0.2) is 24.5 Å². The van der Waals surface area contributed by atoms with Gasteiger partial charge in [0.05, 0.1) is 10.3 Å². The van der Waals surface area contributed by atoms with E-state index in [0.717, 1.165) is 0 Å². The summed E-state index contributed by atoms with van der Waals surface area (Å²) in [7, 11) is 0. The molecule has 0 aliphatic heterocycles. The van der Waals surface area contributed by atoms with Gasteiger partial charge in [0.15, 0.2) is 5.65 Å². The van der Waals surface area contributed by atoms with Crippen molar-refractivity contribution in [3.63, 3.8) is 0 Å². The van der Waals surface area contributed by atoms with E-state index in [1.807, 2.05) is 13.8 Å². The molecule has 0 saturated heterocycles. The Hall–Kier alpha value is -2.74. The number of aromatic nitrogens is 4. The number of benzene rings is 1. The second-order valence-corrected chi connectivity index (χ2v) is 5.67. The van der Waals surface area contributed by atoms with E-state index in [-0.39, 0.29) is 16.8 Å². The summed E-state index contributed by atoms with van der Waals surface area (Å²) in [6, 6.07) is 4.49. The molecule has 1 aromatic carbocycles. The first-order valence-electron chi connectivity index (χ1n) is 6.83. The zero-order chi connectivity index (χ0) is 16.7. The van der Waals surface area contributed by atoms with Gasteiger partial charge < -0.3 is 5.73 Å². The maximum Gasteiger partial charge on any atom is 0.287 e. The van der Waals surface area contributed by atoms with Crippen LogP contribution in [0.1, 0.15) is 19.9 Å². The molecule has 0 spiro atoms. The number of rotatable bonds is 3. The number of nitro benzene ring substituents is 1. The van der Waals surface area contributed by atoms with Crippen LogP contribution in [-0.2, 0) is 0 Å². The number of fused-ring (bicyclic) bond motifs is 1. The van der Waals surface area contributed by atoms with E-state index in [2.05, 4.69) is 15.1 Å². The quantitative estimate of drug-likeness (QED) is 0.582. The first kappa shape index (κ1) is 15.2. The highest BCUT2D eigenvalue weighted by Gasteiger charge is 2.20. The monoisotopic (exact) mass is 332 g/mol. The molecule has 9 heteroatoms. The van der Waals surface area contributed by atoms with Gasteiger partial charge in [-0.25, -0.2) is 14.6 Å². The van der Waals surface area contributed by atoms with Crippen LogP contribution in [0, 0.1) is 10.1 Å². The Bertz CT molecular complexity index is 921. The van der Waals surface area contributed by atoms with Crippen molar-refractivity contribution in [2.75, 3.05) is 5.73 Å². The van der Waals surface area contributed by atoms with Gasteiger partial charge in [-0.3, -0.25) is 10.1 Å². The van der Waals surface area contributed by atoms with Gasteiger partial charge in [0.2, 0.25) is 0 Å². The van der Waals surface area contributed by atoms with Crippen LogP contribution in [-0.4, -0.2) is 24.7 Å². The number of halogens is 1. The molecule has 2 aromatic heterocycles. The van der Waals surface area contributed by atoms with Crippen molar-refractivity contribution in [1.82, 2.24) is 19.7 Å². The van der Waals surface area contributed by atoms with Crippen molar-refractivity contribution in [1.29, 1.82) is 0 Å². The number of hydrogen-bond acceptors (Lipinski definition) is 6. The number of anilines is 1. The number of nitrogens with zero attached hydrogens (tertiary/aromatic N) is 5. The highest BCUT2D eigenvalue weighted by Crippen LogP contribution is 2.35. The topological polar surface area (TPSA) is 113 Å². The van der Waals surface area contributed by atoms with Crippen LogP contribution in [0.25, 0.3) is 22.3 Å². The maximum atomic E-state index is 10.9. The third kappa shape index (κ3) is 2.46. The Morgan fingerprint density at radius 3 is 2.70 bits per heavy atom. The molecule has 2 N–H and O–H groups in total. The molecule has 0 saturated carbocycles. The summed E-state index contributed by atoms with van der Waals surface area (Å²) in [5.74, 6) is 0.298. The predicted molar refractivity (Wildman–Crippen MR) is 87.2 cm³/mol. The zero-order valence-electron chi connectivity index (χ0n) is 12.4. The first-order chi connectivity index (χ1) is 10.9. The highest BCUT2D eigenvalue weighted by atomic mass is 35.5. The number of nitrogen functional groups attached to an aromatic ring is 1. The summed E-state index contributed by atoms with van der Waals surface area (Å²) in [4.78, 5) is 18.6. The van der Waals surface area contributed by atoms with Crippen LogP contribution in [0.5, 0.6) is 0 Å². The van der Waals surface area contributed by atoms with Crippen molar-refractivity contribution in [3.05, 3.63) is 39.7 Å². The summed E-state index contributed by atoms with van der Waals surface area (Å²) in [6.45, 7) is 3.94. The van der Waals surface area contributed by atoms with Crippen molar-refractivity contribution < 1.29 is 4.92 Å². The molecule has 3 aromatic rings.